The standard InChI is InChI=1S/C32H39N7O5/c33-17-29(41)36-22-12-13-34-26(15-22)32(44)39-19-24(38-31(43)28(40)11-10-20-6-2-1-3-7-20)16-27(39)30(42)37-23-14-21-8-4-5-9-25(21)35-18-23/h1-9,14,18,22,24,26-28,34,40H,10-13,15-17,19,33H2,(H,36,41)(H,37,42)(H,38,43)/t22-,24+,26-,27-,28+/m0/s1. The van der Waals surface area contributed by atoms with Crippen LogP contribution in [0.25, 0.3) is 10.9 Å². The zero-order valence-electron chi connectivity index (χ0n) is 24.4. The number of hydrogen-bond donors (Lipinski definition) is 6. The van der Waals surface area contributed by atoms with Crippen molar-refractivity contribution in [3.8, 4) is 0 Å². The minimum Gasteiger partial charge on any atom is -0.383 e. The average Bonchev–Trinajstić information content (AvgIpc) is 3.47. The first-order chi connectivity index (χ1) is 21.3. The molecule has 5 atom stereocenters. The summed E-state index contributed by atoms with van der Waals surface area (Å²) in [4.78, 5) is 58.2. The second-order valence-corrected chi connectivity index (χ2v) is 11.4. The highest BCUT2D eigenvalue weighted by Crippen LogP contribution is 2.24. The van der Waals surface area contributed by atoms with E-state index in [0.717, 1.165) is 16.5 Å². The van der Waals surface area contributed by atoms with Crippen LogP contribution in [0.1, 0.15) is 31.2 Å². The third-order valence-electron chi connectivity index (χ3n) is 8.20. The summed E-state index contributed by atoms with van der Waals surface area (Å²) in [7, 11) is 0. The lowest BCUT2D eigenvalue weighted by Crippen LogP contribution is -2.57. The number of rotatable bonds is 10. The Bertz CT molecular complexity index is 1490. The molecule has 2 aromatic carbocycles. The minimum atomic E-state index is -1.23. The number of nitrogens with zero attached hydrogens (tertiary/aromatic N) is 2. The number of aromatic nitrogens is 1. The molecule has 1 aromatic heterocycles. The molecular formula is C32H39N7O5. The number of benzene rings is 2. The third-order valence-corrected chi connectivity index (χ3v) is 8.20. The number of carbonyl (C=O) groups is 4. The number of amides is 4. The summed E-state index contributed by atoms with van der Waals surface area (Å²) in [6.45, 7) is 0.467. The van der Waals surface area contributed by atoms with E-state index in [-0.39, 0.29) is 43.8 Å². The number of pyridine rings is 1. The Morgan fingerprint density at radius 3 is 2.59 bits per heavy atom. The van der Waals surface area contributed by atoms with Gasteiger partial charge in [0.1, 0.15) is 12.1 Å². The Labute approximate surface area is 255 Å². The molecule has 2 fully saturated rings. The second kappa shape index (κ2) is 14.4. The van der Waals surface area contributed by atoms with Crippen LogP contribution in [0.15, 0.2) is 66.9 Å². The molecule has 0 spiro atoms. The molecule has 0 saturated carbocycles. The number of aliphatic hydroxyl groups is 1. The highest BCUT2D eigenvalue weighted by molar-refractivity contribution is 5.99. The Morgan fingerprint density at radius 1 is 1.02 bits per heavy atom. The van der Waals surface area contributed by atoms with Gasteiger partial charge in [0.15, 0.2) is 0 Å². The van der Waals surface area contributed by atoms with Crippen molar-refractivity contribution >= 4 is 40.2 Å². The number of aliphatic hydroxyl groups excluding tert-OH is 1. The van der Waals surface area contributed by atoms with Gasteiger partial charge < -0.3 is 37.0 Å². The van der Waals surface area contributed by atoms with Crippen LogP contribution in [0.4, 0.5) is 5.69 Å². The average molecular weight is 602 g/mol. The van der Waals surface area contributed by atoms with Crippen LogP contribution in [0.2, 0.25) is 0 Å². The van der Waals surface area contributed by atoms with Gasteiger partial charge in [-0.1, -0.05) is 48.5 Å². The zero-order chi connectivity index (χ0) is 31.1. The monoisotopic (exact) mass is 601 g/mol. The van der Waals surface area contributed by atoms with Gasteiger partial charge in [-0.25, -0.2) is 0 Å². The number of aryl methyl sites for hydroxylation is 1. The normalized spacial score (nSPS) is 22.3. The van der Waals surface area contributed by atoms with E-state index in [1.165, 1.54) is 4.90 Å². The molecule has 12 nitrogen and oxygen atoms in total. The van der Waals surface area contributed by atoms with Gasteiger partial charge in [-0.05, 0) is 56.3 Å². The second-order valence-electron chi connectivity index (χ2n) is 11.4. The molecule has 3 heterocycles. The maximum atomic E-state index is 13.8. The maximum absolute atomic E-state index is 13.8. The van der Waals surface area contributed by atoms with E-state index in [1.54, 1.807) is 6.20 Å². The summed E-state index contributed by atoms with van der Waals surface area (Å²) >= 11 is 0. The lowest BCUT2D eigenvalue weighted by atomic mass is 9.98. The summed E-state index contributed by atoms with van der Waals surface area (Å²) in [5, 5.41) is 23.2. The fraction of sp³-hybridized carbons (Fsp3) is 0.406. The summed E-state index contributed by atoms with van der Waals surface area (Å²) in [6, 6.07) is 16.7. The van der Waals surface area contributed by atoms with Crippen LogP contribution in [0.5, 0.6) is 0 Å². The smallest absolute Gasteiger partial charge is 0.249 e. The number of piperidine rings is 1. The molecule has 4 amide bonds. The lowest BCUT2D eigenvalue weighted by molar-refractivity contribution is -0.139. The van der Waals surface area contributed by atoms with Crippen molar-refractivity contribution < 1.29 is 24.3 Å². The molecule has 0 aliphatic carbocycles. The first-order valence-corrected chi connectivity index (χ1v) is 15.0. The first kappa shape index (κ1) is 31.0. The van der Waals surface area contributed by atoms with Gasteiger partial charge in [0, 0.05) is 24.0 Å². The van der Waals surface area contributed by atoms with E-state index in [0.29, 0.717) is 31.5 Å². The molecule has 232 valence electrons. The summed E-state index contributed by atoms with van der Waals surface area (Å²) in [5.74, 6) is -1.53. The minimum absolute atomic E-state index is 0.0992. The number of hydrogen-bond acceptors (Lipinski definition) is 8. The molecule has 2 aliphatic rings. The van der Waals surface area contributed by atoms with Crippen molar-refractivity contribution in [3.63, 3.8) is 0 Å². The predicted molar refractivity (Wildman–Crippen MR) is 165 cm³/mol. The van der Waals surface area contributed by atoms with E-state index in [4.69, 9.17) is 5.73 Å². The Morgan fingerprint density at radius 2 is 1.80 bits per heavy atom. The van der Waals surface area contributed by atoms with Crippen LogP contribution in [0, 0.1) is 0 Å². The van der Waals surface area contributed by atoms with Crippen LogP contribution in [-0.2, 0) is 25.6 Å². The van der Waals surface area contributed by atoms with Crippen LogP contribution >= 0.6 is 0 Å². The van der Waals surface area contributed by atoms with E-state index in [1.807, 2.05) is 60.7 Å². The van der Waals surface area contributed by atoms with E-state index in [2.05, 4.69) is 26.3 Å². The van der Waals surface area contributed by atoms with Crippen molar-refractivity contribution in [2.45, 2.75) is 62.4 Å². The summed E-state index contributed by atoms with van der Waals surface area (Å²) in [5.41, 5.74) is 7.74. The number of fused-ring (bicyclic) bond motifs is 1. The van der Waals surface area contributed by atoms with Gasteiger partial charge in [0.05, 0.1) is 30.0 Å². The van der Waals surface area contributed by atoms with Gasteiger partial charge in [-0.2, -0.15) is 0 Å². The van der Waals surface area contributed by atoms with Crippen molar-refractivity contribution in [1.29, 1.82) is 0 Å². The largest absolute Gasteiger partial charge is 0.383 e. The van der Waals surface area contributed by atoms with E-state index >= 15 is 0 Å². The molecule has 2 saturated heterocycles. The Balaban J connectivity index is 1.28. The van der Waals surface area contributed by atoms with Gasteiger partial charge in [-0.15, -0.1) is 0 Å². The number of likely N-dealkylation sites (tertiary alicyclic amines) is 1. The van der Waals surface area contributed by atoms with Gasteiger partial charge in [0.25, 0.3) is 0 Å². The Hall–Kier alpha value is -4.39. The Kier molecular flexibility index (Phi) is 10.2. The number of nitrogens with two attached hydrogens (primary N) is 1. The summed E-state index contributed by atoms with van der Waals surface area (Å²) < 4.78 is 0. The fourth-order valence-corrected chi connectivity index (χ4v) is 5.90. The van der Waals surface area contributed by atoms with Crippen molar-refractivity contribution in [3.05, 3.63) is 72.4 Å². The highest BCUT2D eigenvalue weighted by Gasteiger charge is 2.43. The van der Waals surface area contributed by atoms with Crippen LogP contribution < -0.4 is 27.0 Å². The SMILES string of the molecule is NCC(=O)N[C@H]1CCN[C@H](C(=O)N2C[C@H](NC(=O)[C@H](O)CCc3ccccc3)C[C@H]2C(=O)Nc2cnc3ccccc3c2)C1. The summed E-state index contributed by atoms with van der Waals surface area (Å²) in [6.07, 6.45) is 2.28. The highest BCUT2D eigenvalue weighted by atomic mass is 16.3. The molecule has 0 bridgehead atoms. The van der Waals surface area contributed by atoms with Crippen LogP contribution in [-0.4, -0.2) is 88.5 Å². The van der Waals surface area contributed by atoms with Crippen LogP contribution in [0.3, 0.4) is 0 Å². The molecular weight excluding hydrogens is 562 g/mol. The van der Waals surface area contributed by atoms with E-state index in [9.17, 15) is 24.3 Å². The molecule has 12 heteroatoms. The molecule has 7 N–H and O–H groups in total. The van der Waals surface area contributed by atoms with E-state index < -0.39 is 36.0 Å². The number of para-hydroxylation sites is 1. The predicted octanol–water partition coefficient (Wildman–Crippen LogP) is 0.448. The molecule has 2 aliphatic heterocycles. The topological polar surface area (TPSA) is 179 Å². The van der Waals surface area contributed by atoms with Crippen molar-refractivity contribution in [2.24, 2.45) is 5.73 Å². The van der Waals surface area contributed by atoms with Gasteiger partial charge in [0.2, 0.25) is 23.6 Å². The number of carbonyl (C=O) groups excluding carboxylic acids is 4. The molecule has 0 unspecified atom stereocenters. The number of anilines is 1. The molecule has 5 rings (SSSR count). The first-order valence-electron chi connectivity index (χ1n) is 15.0. The number of nitrogens with one attached hydrogen (secondary N) is 4. The molecule has 44 heavy (non-hydrogen) atoms. The zero-order valence-corrected chi connectivity index (χ0v) is 24.4. The molecule has 3 aromatic rings. The third kappa shape index (κ3) is 7.76. The quantitative estimate of drug-likeness (QED) is 0.194. The molecule has 0 radical (unpaired) electrons. The lowest BCUT2D eigenvalue weighted by Gasteiger charge is -2.34. The van der Waals surface area contributed by atoms with Gasteiger partial charge in [-0.3, -0.25) is 24.2 Å². The van der Waals surface area contributed by atoms with Crippen molar-refractivity contribution in [1.82, 2.24) is 25.8 Å². The fourth-order valence-electron chi connectivity index (χ4n) is 5.90. The van der Waals surface area contributed by atoms with Crippen molar-refractivity contribution in [2.75, 3.05) is 25.0 Å². The maximum Gasteiger partial charge on any atom is 0.249 e. The van der Waals surface area contributed by atoms with Gasteiger partial charge >= 0.3 is 0 Å².